The molecule has 2 aliphatic rings. The van der Waals surface area contributed by atoms with Crippen molar-refractivity contribution in [3.8, 4) is 11.1 Å². The third kappa shape index (κ3) is 4.35. The van der Waals surface area contributed by atoms with E-state index in [4.69, 9.17) is 4.74 Å². The highest BCUT2D eigenvalue weighted by Gasteiger charge is 2.25. The number of ether oxygens (including phenoxy) is 1. The van der Waals surface area contributed by atoms with E-state index in [-0.39, 0.29) is 5.92 Å². The van der Waals surface area contributed by atoms with Crippen LogP contribution in [0.25, 0.3) is 16.6 Å². The Hall–Kier alpha value is -3.50. The van der Waals surface area contributed by atoms with Crippen molar-refractivity contribution in [2.45, 2.75) is 18.9 Å². The van der Waals surface area contributed by atoms with Crippen LogP contribution in [0, 0.1) is 5.92 Å². The van der Waals surface area contributed by atoms with Crippen LogP contribution in [0.5, 0.6) is 0 Å². The molecule has 0 aliphatic carbocycles. The quantitative estimate of drug-likeness (QED) is 0.471. The van der Waals surface area contributed by atoms with Crippen LogP contribution in [0.1, 0.15) is 24.5 Å². The third-order valence-electron chi connectivity index (χ3n) is 7.08. The molecule has 2 fully saturated rings. The first-order chi connectivity index (χ1) is 17.2. The highest BCUT2D eigenvalue weighted by molar-refractivity contribution is 5.75. The summed E-state index contributed by atoms with van der Waals surface area (Å²) in [4.78, 5) is 13.7. The Morgan fingerprint density at radius 2 is 1.74 bits per heavy atom. The van der Waals surface area contributed by atoms with Crippen LogP contribution in [0.2, 0.25) is 0 Å². The van der Waals surface area contributed by atoms with Gasteiger partial charge in [0.2, 0.25) is 5.95 Å². The average molecular weight is 475 g/mol. The van der Waals surface area contributed by atoms with Crippen molar-refractivity contribution in [2.24, 2.45) is 13.0 Å². The van der Waals surface area contributed by atoms with Gasteiger partial charge in [0.05, 0.1) is 36.3 Å². The number of rotatable bonds is 5. The summed E-state index contributed by atoms with van der Waals surface area (Å²) in [7, 11) is 1.92. The fourth-order valence-corrected chi connectivity index (χ4v) is 5.04. The van der Waals surface area contributed by atoms with Gasteiger partial charge in [-0.05, 0) is 18.9 Å². The summed E-state index contributed by atoms with van der Waals surface area (Å²) in [6, 6.07) is 4.25. The molecule has 2 saturated heterocycles. The lowest BCUT2D eigenvalue weighted by Gasteiger charge is -2.35. The van der Waals surface area contributed by atoms with E-state index < -0.39 is 6.10 Å². The van der Waals surface area contributed by atoms with E-state index in [0.717, 1.165) is 73.5 Å². The molecule has 0 radical (unpaired) electrons. The fourth-order valence-electron chi connectivity index (χ4n) is 5.04. The summed E-state index contributed by atoms with van der Waals surface area (Å²) in [5, 5.41) is 19.5. The molecule has 2 aliphatic heterocycles. The second kappa shape index (κ2) is 9.27. The number of aryl methyl sites for hydroxylation is 1. The minimum absolute atomic E-state index is 0.119. The molecule has 0 spiro atoms. The molecule has 6 heterocycles. The van der Waals surface area contributed by atoms with Crippen molar-refractivity contribution in [3.05, 3.63) is 54.9 Å². The van der Waals surface area contributed by atoms with Crippen molar-refractivity contribution >= 4 is 17.2 Å². The van der Waals surface area contributed by atoms with Crippen LogP contribution in [-0.4, -0.2) is 73.9 Å². The van der Waals surface area contributed by atoms with E-state index in [1.54, 1.807) is 17.1 Å². The molecule has 0 unspecified atom stereocenters. The minimum atomic E-state index is -0.574. The van der Waals surface area contributed by atoms with E-state index in [2.05, 4.69) is 48.3 Å². The second-order valence-corrected chi connectivity index (χ2v) is 9.39. The number of hydrogen-bond donors (Lipinski definition) is 1. The van der Waals surface area contributed by atoms with E-state index in [9.17, 15) is 5.11 Å². The predicted octanol–water partition coefficient (Wildman–Crippen LogP) is 2.31. The smallest absolute Gasteiger partial charge is 0.225 e. The molecule has 0 bridgehead atoms. The molecule has 4 aromatic heterocycles. The van der Waals surface area contributed by atoms with Crippen LogP contribution in [0.3, 0.4) is 0 Å². The largest absolute Gasteiger partial charge is 0.388 e. The Morgan fingerprint density at radius 3 is 2.46 bits per heavy atom. The normalized spacial score (nSPS) is 19.9. The molecule has 1 N–H and O–H groups in total. The highest BCUT2D eigenvalue weighted by Crippen LogP contribution is 2.29. The SMILES string of the molecule is Cn1cc(-c2ccc3c(N4CCN(c5ncc([C@H](O)[C@@H]6CCCOC6)cn5)CC4)cnn3c2)cn1. The zero-order chi connectivity index (χ0) is 23.8. The number of aromatic nitrogens is 6. The number of anilines is 2. The molecule has 35 heavy (non-hydrogen) atoms. The van der Waals surface area contributed by atoms with E-state index in [1.807, 2.05) is 30.2 Å². The number of piperazine rings is 1. The van der Waals surface area contributed by atoms with Crippen LogP contribution >= 0.6 is 0 Å². The molecule has 4 aromatic rings. The van der Waals surface area contributed by atoms with Crippen molar-refractivity contribution in [1.29, 1.82) is 0 Å². The van der Waals surface area contributed by atoms with Gasteiger partial charge in [-0.1, -0.05) is 6.07 Å². The van der Waals surface area contributed by atoms with Crippen LogP contribution < -0.4 is 9.80 Å². The summed E-state index contributed by atoms with van der Waals surface area (Å²) in [6.07, 6.45) is 12.8. The summed E-state index contributed by atoms with van der Waals surface area (Å²) in [6.45, 7) is 4.75. The first-order valence-corrected chi connectivity index (χ1v) is 12.2. The molecule has 182 valence electrons. The zero-order valence-corrected chi connectivity index (χ0v) is 19.9. The lowest BCUT2D eigenvalue weighted by Crippen LogP contribution is -2.47. The molecular formula is C25H30N8O2. The Balaban J connectivity index is 1.11. The van der Waals surface area contributed by atoms with Gasteiger partial charge in [-0.15, -0.1) is 0 Å². The maximum absolute atomic E-state index is 10.7. The van der Waals surface area contributed by atoms with Gasteiger partial charge < -0.3 is 19.6 Å². The molecule has 2 atom stereocenters. The lowest BCUT2D eigenvalue weighted by atomic mass is 9.92. The minimum Gasteiger partial charge on any atom is -0.388 e. The highest BCUT2D eigenvalue weighted by atomic mass is 16.5. The maximum atomic E-state index is 10.7. The van der Waals surface area contributed by atoms with Gasteiger partial charge >= 0.3 is 0 Å². The number of nitrogens with zero attached hydrogens (tertiary/aromatic N) is 8. The van der Waals surface area contributed by atoms with E-state index in [1.165, 1.54) is 0 Å². The monoisotopic (exact) mass is 474 g/mol. The van der Waals surface area contributed by atoms with Crippen LogP contribution in [0.4, 0.5) is 11.6 Å². The van der Waals surface area contributed by atoms with Gasteiger partial charge in [-0.25, -0.2) is 14.5 Å². The van der Waals surface area contributed by atoms with E-state index in [0.29, 0.717) is 12.6 Å². The number of aliphatic hydroxyl groups excluding tert-OH is 1. The summed E-state index contributed by atoms with van der Waals surface area (Å²) < 4.78 is 9.26. The summed E-state index contributed by atoms with van der Waals surface area (Å²) in [5.41, 5.74) is 5.15. The van der Waals surface area contributed by atoms with E-state index >= 15 is 0 Å². The Morgan fingerprint density at radius 1 is 0.943 bits per heavy atom. The lowest BCUT2D eigenvalue weighted by molar-refractivity contribution is -0.0102. The second-order valence-electron chi connectivity index (χ2n) is 9.39. The molecule has 6 rings (SSSR count). The molecule has 0 saturated carbocycles. The van der Waals surface area contributed by atoms with Crippen molar-refractivity contribution in [2.75, 3.05) is 49.2 Å². The van der Waals surface area contributed by atoms with Crippen LogP contribution in [0.15, 0.2) is 49.3 Å². The Bertz CT molecular complexity index is 1290. The van der Waals surface area contributed by atoms with Gasteiger partial charge in [0.25, 0.3) is 0 Å². The average Bonchev–Trinajstić information content (AvgIpc) is 3.55. The molecule has 0 amide bonds. The Labute approximate surface area is 203 Å². The first kappa shape index (κ1) is 22.0. The topological polar surface area (TPSA) is 96.8 Å². The van der Waals surface area contributed by atoms with Crippen molar-refractivity contribution < 1.29 is 9.84 Å². The zero-order valence-electron chi connectivity index (χ0n) is 19.9. The summed E-state index contributed by atoms with van der Waals surface area (Å²) in [5.74, 6) is 0.828. The predicted molar refractivity (Wildman–Crippen MR) is 132 cm³/mol. The van der Waals surface area contributed by atoms with Gasteiger partial charge in [0, 0.05) is 87.2 Å². The standard InChI is InChI=1S/C25H30N8O2/c1-30-15-21(13-28-30)18-4-5-22-23(14-29-33(22)16-18)31-6-8-32(9-7-31)25-26-11-20(12-27-25)24(34)19-3-2-10-35-17-19/h4-5,11-16,19,24,34H,2-3,6-10,17H2,1H3/t19-,24-/m1/s1. The third-order valence-corrected chi connectivity index (χ3v) is 7.08. The molecule has 0 aromatic carbocycles. The first-order valence-electron chi connectivity index (χ1n) is 12.2. The van der Waals surface area contributed by atoms with Gasteiger partial charge in [-0.2, -0.15) is 10.2 Å². The molecule has 10 heteroatoms. The number of fused-ring (bicyclic) bond motifs is 1. The van der Waals surface area contributed by atoms with Crippen LogP contribution in [-0.2, 0) is 11.8 Å². The summed E-state index contributed by atoms with van der Waals surface area (Å²) >= 11 is 0. The van der Waals surface area contributed by atoms with Crippen molar-refractivity contribution in [3.63, 3.8) is 0 Å². The van der Waals surface area contributed by atoms with Gasteiger partial charge in [0.15, 0.2) is 0 Å². The van der Waals surface area contributed by atoms with Gasteiger partial charge in [-0.3, -0.25) is 4.68 Å². The number of aliphatic hydroxyl groups is 1. The fraction of sp³-hybridized carbons (Fsp3) is 0.440. The Kier molecular flexibility index (Phi) is 5.83. The molecule has 10 nitrogen and oxygen atoms in total. The van der Waals surface area contributed by atoms with Crippen molar-refractivity contribution in [1.82, 2.24) is 29.4 Å². The van der Waals surface area contributed by atoms with Gasteiger partial charge in [0.1, 0.15) is 0 Å². The number of pyridine rings is 1. The number of hydrogen-bond acceptors (Lipinski definition) is 8. The molecular weight excluding hydrogens is 444 g/mol. The maximum Gasteiger partial charge on any atom is 0.225 e.